The minimum absolute atomic E-state index is 0.432. The van der Waals surface area contributed by atoms with Gasteiger partial charge in [-0.1, -0.05) is 23.2 Å². The van der Waals surface area contributed by atoms with Gasteiger partial charge in [-0.05, 0) is 12.1 Å². The van der Waals surface area contributed by atoms with E-state index in [2.05, 4.69) is 4.98 Å². The zero-order valence-corrected chi connectivity index (χ0v) is 12.6. The Morgan fingerprint density at radius 2 is 1.50 bits per heavy atom. The molecule has 0 bridgehead atoms. The molecule has 2 rings (SSSR count). The van der Waals surface area contributed by atoms with Crippen molar-refractivity contribution >= 4 is 28.9 Å². The zero-order chi connectivity index (χ0) is 18.4. The predicted octanol–water partition coefficient (Wildman–Crippen LogP) is 4.16. The van der Waals surface area contributed by atoms with E-state index in [9.17, 15) is 31.1 Å². The fourth-order valence-corrected chi connectivity index (χ4v) is 2.48. The summed E-state index contributed by atoms with van der Waals surface area (Å²) in [6, 6.07) is 0.951. The molecule has 0 atom stereocenters. The smallest absolute Gasteiger partial charge is 0.392 e. The highest BCUT2D eigenvalue weighted by Crippen LogP contribution is 2.37. The standard InChI is InChI=1S/C12H5Cl2F6N3O/c13-5-1-4(11(15,16)17)2-6(14)8(5)23-3-22-9(12(18,19)20)7(21)10(23)24/h1-3H,21H2. The lowest BCUT2D eigenvalue weighted by atomic mass is 10.2. The van der Waals surface area contributed by atoms with Crippen molar-refractivity contribution in [3.05, 3.63) is 50.1 Å². The van der Waals surface area contributed by atoms with Crippen LogP contribution in [0.5, 0.6) is 0 Å². The molecule has 0 spiro atoms. The van der Waals surface area contributed by atoms with Gasteiger partial charge in [0.1, 0.15) is 12.0 Å². The molecule has 1 aromatic carbocycles. The van der Waals surface area contributed by atoms with E-state index in [0.29, 0.717) is 23.0 Å². The van der Waals surface area contributed by atoms with Crippen molar-refractivity contribution in [2.75, 3.05) is 5.73 Å². The molecule has 0 radical (unpaired) electrons. The van der Waals surface area contributed by atoms with E-state index in [-0.39, 0.29) is 0 Å². The maximum absolute atomic E-state index is 12.7. The Morgan fingerprint density at radius 3 is 1.92 bits per heavy atom. The molecular weight excluding hydrogens is 387 g/mol. The molecule has 0 unspecified atom stereocenters. The third-order valence-corrected chi connectivity index (χ3v) is 3.44. The van der Waals surface area contributed by atoms with Gasteiger partial charge in [0.05, 0.1) is 21.3 Å². The molecule has 0 saturated heterocycles. The molecular formula is C12H5Cl2F6N3O. The number of hydrogen-bond acceptors (Lipinski definition) is 3. The summed E-state index contributed by atoms with van der Waals surface area (Å²) in [5.41, 5.74) is -0.772. The second-order valence-electron chi connectivity index (χ2n) is 4.47. The number of nitrogens with two attached hydrogens (primary N) is 1. The molecule has 0 aliphatic heterocycles. The molecule has 1 heterocycles. The highest BCUT2D eigenvalue weighted by molar-refractivity contribution is 6.37. The van der Waals surface area contributed by atoms with Crippen LogP contribution in [0.25, 0.3) is 5.69 Å². The zero-order valence-electron chi connectivity index (χ0n) is 11.1. The van der Waals surface area contributed by atoms with Crippen molar-refractivity contribution in [3.8, 4) is 5.69 Å². The maximum atomic E-state index is 12.7. The molecule has 2 N–H and O–H groups in total. The van der Waals surface area contributed by atoms with Crippen LogP contribution in [-0.4, -0.2) is 9.55 Å². The van der Waals surface area contributed by atoms with Crippen LogP contribution < -0.4 is 11.3 Å². The molecule has 0 fully saturated rings. The number of rotatable bonds is 1. The van der Waals surface area contributed by atoms with Gasteiger partial charge in [0.2, 0.25) is 0 Å². The van der Waals surface area contributed by atoms with Crippen LogP contribution in [0.3, 0.4) is 0 Å². The van der Waals surface area contributed by atoms with Gasteiger partial charge >= 0.3 is 12.4 Å². The first-order valence-corrected chi connectivity index (χ1v) is 6.60. The van der Waals surface area contributed by atoms with Gasteiger partial charge in [0.25, 0.3) is 5.56 Å². The first-order valence-electron chi connectivity index (χ1n) is 5.85. The summed E-state index contributed by atoms with van der Waals surface area (Å²) >= 11 is 11.4. The van der Waals surface area contributed by atoms with Crippen LogP contribution in [0.2, 0.25) is 10.0 Å². The third kappa shape index (κ3) is 3.29. The topological polar surface area (TPSA) is 60.9 Å². The van der Waals surface area contributed by atoms with Gasteiger partial charge in [0, 0.05) is 0 Å². The Kier molecular flexibility index (Phi) is 4.49. The number of aromatic nitrogens is 2. The molecule has 0 aliphatic rings. The average molecular weight is 392 g/mol. The van der Waals surface area contributed by atoms with Crippen molar-refractivity contribution in [1.29, 1.82) is 0 Å². The lowest BCUT2D eigenvalue weighted by Crippen LogP contribution is -2.27. The van der Waals surface area contributed by atoms with Crippen molar-refractivity contribution < 1.29 is 26.3 Å². The van der Waals surface area contributed by atoms with Gasteiger partial charge in [-0.25, -0.2) is 4.98 Å². The van der Waals surface area contributed by atoms with E-state index >= 15 is 0 Å². The number of hydrogen-bond donors (Lipinski definition) is 1. The number of anilines is 1. The van der Waals surface area contributed by atoms with Crippen LogP contribution in [-0.2, 0) is 12.4 Å². The van der Waals surface area contributed by atoms with Gasteiger partial charge in [-0.15, -0.1) is 0 Å². The average Bonchev–Trinajstić information content (AvgIpc) is 2.40. The first kappa shape index (κ1) is 18.4. The van der Waals surface area contributed by atoms with Gasteiger partial charge in [0.15, 0.2) is 5.69 Å². The molecule has 1 aromatic heterocycles. The number of alkyl halides is 6. The summed E-state index contributed by atoms with van der Waals surface area (Å²) in [5, 5.41) is -1.23. The Hall–Kier alpha value is -1.94. The van der Waals surface area contributed by atoms with Crippen LogP contribution in [0.15, 0.2) is 23.3 Å². The predicted molar refractivity (Wildman–Crippen MR) is 74.3 cm³/mol. The minimum Gasteiger partial charge on any atom is -0.392 e. The summed E-state index contributed by atoms with van der Waals surface area (Å²) in [6.07, 6.45) is -9.30. The molecule has 24 heavy (non-hydrogen) atoms. The van der Waals surface area contributed by atoms with E-state index < -0.39 is 50.6 Å². The highest BCUT2D eigenvalue weighted by atomic mass is 35.5. The van der Waals surface area contributed by atoms with Gasteiger partial charge < -0.3 is 5.73 Å². The molecule has 0 aliphatic carbocycles. The molecule has 4 nitrogen and oxygen atoms in total. The Balaban J connectivity index is 2.71. The maximum Gasteiger partial charge on any atom is 0.435 e. The number of halogens is 8. The van der Waals surface area contributed by atoms with Crippen molar-refractivity contribution in [2.45, 2.75) is 12.4 Å². The second kappa shape index (κ2) is 5.85. The summed E-state index contributed by atoms with van der Waals surface area (Å²) in [7, 11) is 0. The van der Waals surface area contributed by atoms with E-state index in [1.54, 1.807) is 0 Å². The SMILES string of the molecule is Nc1c(C(F)(F)F)ncn(-c2c(Cl)cc(C(F)(F)F)cc2Cl)c1=O. The quantitative estimate of drug-likeness (QED) is 0.742. The summed E-state index contributed by atoms with van der Waals surface area (Å²) in [4.78, 5) is 15.0. The number of benzene rings is 1. The van der Waals surface area contributed by atoms with Crippen LogP contribution >= 0.6 is 23.2 Å². The van der Waals surface area contributed by atoms with Crippen molar-refractivity contribution in [3.63, 3.8) is 0 Å². The largest absolute Gasteiger partial charge is 0.435 e. The third-order valence-electron chi connectivity index (χ3n) is 2.86. The van der Waals surface area contributed by atoms with Crippen LogP contribution in [0.4, 0.5) is 32.0 Å². The molecule has 0 saturated carbocycles. The number of nitrogens with zero attached hydrogens (tertiary/aromatic N) is 2. The molecule has 130 valence electrons. The summed E-state index contributed by atoms with van der Waals surface area (Å²) in [5.74, 6) is 0. The van der Waals surface area contributed by atoms with E-state index in [4.69, 9.17) is 28.9 Å². The minimum atomic E-state index is -4.98. The van der Waals surface area contributed by atoms with E-state index in [1.165, 1.54) is 0 Å². The normalized spacial score (nSPS) is 12.5. The van der Waals surface area contributed by atoms with E-state index in [1.807, 2.05) is 0 Å². The summed E-state index contributed by atoms with van der Waals surface area (Å²) in [6.45, 7) is 0. The van der Waals surface area contributed by atoms with Crippen LogP contribution in [0, 0.1) is 0 Å². The Bertz CT molecular complexity index is 836. The Labute approximate surface area is 139 Å². The first-order chi connectivity index (χ1) is 10.8. The fourth-order valence-electron chi connectivity index (χ4n) is 1.81. The lowest BCUT2D eigenvalue weighted by molar-refractivity contribution is -0.140. The summed E-state index contributed by atoms with van der Waals surface area (Å²) < 4.78 is 76.4. The lowest BCUT2D eigenvalue weighted by Gasteiger charge is -2.15. The second-order valence-corrected chi connectivity index (χ2v) is 5.28. The molecule has 0 amide bonds. The fraction of sp³-hybridized carbons (Fsp3) is 0.167. The van der Waals surface area contributed by atoms with Gasteiger partial charge in [-0.2, -0.15) is 26.3 Å². The van der Waals surface area contributed by atoms with Crippen molar-refractivity contribution in [1.82, 2.24) is 9.55 Å². The highest BCUT2D eigenvalue weighted by Gasteiger charge is 2.37. The molecule has 2 aromatic rings. The monoisotopic (exact) mass is 391 g/mol. The van der Waals surface area contributed by atoms with E-state index in [0.717, 1.165) is 0 Å². The van der Waals surface area contributed by atoms with Crippen molar-refractivity contribution in [2.24, 2.45) is 0 Å². The molecule has 12 heteroatoms. The number of nitrogen functional groups attached to an aromatic ring is 1. The van der Waals surface area contributed by atoms with Gasteiger partial charge in [-0.3, -0.25) is 9.36 Å². The Morgan fingerprint density at radius 1 is 1.00 bits per heavy atom. The van der Waals surface area contributed by atoms with Crippen LogP contribution in [0.1, 0.15) is 11.3 Å².